The Labute approximate surface area is 212 Å². The molecule has 3 atom stereocenters. The Hall–Kier alpha value is -3.27. The molecule has 0 saturated heterocycles. The molecule has 0 fully saturated rings. The van der Waals surface area contributed by atoms with E-state index in [1.807, 2.05) is 5.32 Å². The molecule has 2 aromatic carbocycles. The van der Waals surface area contributed by atoms with Gasteiger partial charge in [-0.1, -0.05) is 61.8 Å². The molecule has 0 bridgehead atoms. The Bertz CT molecular complexity index is 1050. The highest BCUT2D eigenvalue weighted by atomic mass is 35.5. The number of amides is 2. The molecular formula is C25H28ClF3N2O5. The van der Waals surface area contributed by atoms with Crippen molar-refractivity contribution in [2.45, 2.75) is 46.0 Å². The molecule has 0 aliphatic rings. The van der Waals surface area contributed by atoms with Crippen LogP contribution in [0.4, 0.5) is 23.7 Å². The van der Waals surface area contributed by atoms with Gasteiger partial charge in [0.15, 0.2) is 0 Å². The lowest BCUT2D eigenvalue weighted by molar-refractivity contribution is -0.178. The number of rotatable bonds is 10. The molecule has 0 unspecified atom stereocenters. The second-order valence-corrected chi connectivity index (χ2v) is 8.58. The van der Waals surface area contributed by atoms with Gasteiger partial charge in [-0.3, -0.25) is 9.59 Å². The van der Waals surface area contributed by atoms with Gasteiger partial charge in [-0.25, -0.2) is 4.79 Å². The predicted octanol–water partition coefficient (Wildman–Crippen LogP) is 5.51. The van der Waals surface area contributed by atoms with Gasteiger partial charge in [-0.05, 0) is 36.6 Å². The molecule has 2 amide bonds. The van der Waals surface area contributed by atoms with Gasteiger partial charge in [0.05, 0.1) is 29.2 Å². The first-order chi connectivity index (χ1) is 16.9. The number of carbonyl (C=O) groups excluding carboxylic acids is 3. The molecule has 36 heavy (non-hydrogen) atoms. The lowest BCUT2D eigenvalue weighted by Crippen LogP contribution is -2.51. The van der Waals surface area contributed by atoms with Crippen LogP contribution in [-0.4, -0.2) is 36.8 Å². The fourth-order valence-corrected chi connectivity index (χ4v) is 3.39. The molecule has 11 heteroatoms. The number of ether oxygens (including phenoxy) is 2. The zero-order chi connectivity index (χ0) is 26.9. The van der Waals surface area contributed by atoms with Crippen molar-refractivity contribution in [2.24, 2.45) is 11.8 Å². The molecule has 0 heterocycles. The maximum Gasteiger partial charge on any atom is 0.408 e. The summed E-state index contributed by atoms with van der Waals surface area (Å²) in [6.07, 6.45) is -5.71. The zero-order valence-corrected chi connectivity index (χ0v) is 20.8. The molecule has 0 spiro atoms. The molecule has 0 radical (unpaired) electrons. The summed E-state index contributed by atoms with van der Waals surface area (Å²) in [6, 6.07) is 11.1. The molecule has 0 aliphatic heterocycles. The van der Waals surface area contributed by atoms with Gasteiger partial charge in [0, 0.05) is 0 Å². The number of hydrogen-bond donors (Lipinski definition) is 2. The number of nitrogens with one attached hydrogen (secondary N) is 2. The highest BCUT2D eigenvalue weighted by Crippen LogP contribution is 2.30. The lowest BCUT2D eigenvalue weighted by atomic mass is 9.99. The van der Waals surface area contributed by atoms with Crippen molar-refractivity contribution in [3.63, 3.8) is 0 Å². The Morgan fingerprint density at radius 2 is 1.67 bits per heavy atom. The third kappa shape index (κ3) is 8.75. The number of benzene rings is 2. The van der Waals surface area contributed by atoms with Gasteiger partial charge in [-0.2, -0.15) is 13.2 Å². The van der Waals surface area contributed by atoms with Crippen LogP contribution in [0.3, 0.4) is 0 Å². The van der Waals surface area contributed by atoms with Crippen molar-refractivity contribution in [3.05, 3.63) is 64.7 Å². The van der Waals surface area contributed by atoms with Crippen LogP contribution in [0, 0.1) is 11.8 Å². The topological polar surface area (TPSA) is 93.7 Å². The summed E-state index contributed by atoms with van der Waals surface area (Å²) in [7, 11) is 0. The maximum atomic E-state index is 13.5. The van der Waals surface area contributed by atoms with E-state index < -0.39 is 42.0 Å². The molecule has 2 aromatic rings. The number of anilines is 1. The van der Waals surface area contributed by atoms with E-state index in [0.29, 0.717) is 11.1 Å². The Morgan fingerprint density at radius 1 is 1.00 bits per heavy atom. The van der Waals surface area contributed by atoms with Crippen molar-refractivity contribution < 1.29 is 37.0 Å². The summed E-state index contributed by atoms with van der Waals surface area (Å²) < 4.78 is 50.4. The number of halogens is 4. The van der Waals surface area contributed by atoms with Gasteiger partial charge in [0.1, 0.15) is 12.6 Å². The Morgan fingerprint density at radius 3 is 2.28 bits per heavy atom. The zero-order valence-electron chi connectivity index (χ0n) is 20.0. The van der Waals surface area contributed by atoms with Gasteiger partial charge in [0.25, 0.3) is 0 Å². The largest absolute Gasteiger partial charge is 0.466 e. The quantitative estimate of drug-likeness (QED) is 0.396. The Balaban J connectivity index is 2.16. The number of carbonyl (C=O) groups is 3. The maximum absolute atomic E-state index is 13.5. The predicted molar refractivity (Wildman–Crippen MR) is 128 cm³/mol. The van der Waals surface area contributed by atoms with Gasteiger partial charge >= 0.3 is 18.2 Å². The first-order valence-electron chi connectivity index (χ1n) is 11.2. The molecule has 0 aliphatic carbocycles. The number of alkyl carbamates (subject to hydrolysis) is 1. The minimum absolute atomic E-state index is 0.0362. The van der Waals surface area contributed by atoms with E-state index in [9.17, 15) is 27.6 Å². The van der Waals surface area contributed by atoms with Crippen molar-refractivity contribution in [2.75, 3.05) is 11.9 Å². The minimum atomic E-state index is -4.78. The van der Waals surface area contributed by atoms with Crippen LogP contribution in [0.25, 0.3) is 0 Å². The summed E-state index contributed by atoms with van der Waals surface area (Å²) >= 11 is 6.15. The van der Waals surface area contributed by atoms with Crippen LogP contribution in [0.2, 0.25) is 5.02 Å². The van der Waals surface area contributed by atoms with Crippen molar-refractivity contribution in [1.82, 2.24) is 5.32 Å². The van der Waals surface area contributed by atoms with Crippen LogP contribution in [-0.2, 0) is 32.1 Å². The molecule has 0 aromatic heterocycles. The van der Waals surface area contributed by atoms with E-state index in [4.69, 9.17) is 21.1 Å². The van der Waals surface area contributed by atoms with Crippen molar-refractivity contribution >= 4 is 35.3 Å². The Kier molecular flexibility index (Phi) is 10.6. The average Bonchev–Trinajstić information content (AvgIpc) is 2.83. The third-order valence-corrected chi connectivity index (χ3v) is 5.63. The average molecular weight is 529 g/mol. The summed E-state index contributed by atoms with van der Waals surface area (Å²) in [6.45, 7) is 4.17. The highest BCUT2D eigenvalue weighted by Gasteiger charge is 2.45. The summed E-state index contributed by atoms with van der Waals surface area (Å²) in [5.74, 6) is -4.26. The van der Waals surface area contributed by atoms with Crippen LogP contribution >= 0.6 is 11.6 Å². The summed E-state index contributed by atoms with van der Waals surface area (Å²) in [5.41, 5.74) is 1.26. The van der Waals surface area contributed by atoms with E-state index in [1.54, 1.807) is 50.2 Å². The molecule has 2 N–H and O–H groups in total. The second-order valence-electron chi connectivity index (χ2n) is 8.17. The van der Waals surface area contributed by atoms with Gasteiger partial charge in [-0.15, -0.1) is 0 Å². The molecule has 7 nitrogen and oxygen atoms in total. The third-order valence-electron chi connectivity index (χ3n) is 5.30. The standard InChI is InChI=1S/C25H28ClF3N2O5/c1-4-35-23(33)15(2)12-18-10-11-19(26)20(13-18)30-22(32)21(16(3)25(27,28)29)31-24(34)36-14-17-8-6-5-7-9-17/h5-11,13,15-16,21H,4,12,14H2,1-3H3,(H,30,32)(H,31,34)/t15-,16+,21-/m0/s1. The first-order valence-corrected chi connectivity index (χ1v) is 11.6. The number of esters is 1. The summed E-state index contributed by atoms with van der Waals surface area (Å²) in [5, 5.41) is 4.43. The molecular weight excluding hydrogens is 501 g/mol. The highest BCUT2D eigenvalue weighted by molar-refractivity contribution is 6.33. The monoisotopic (exact) mass is 528 g/mol. The normalized spacial score (nSPS) is 13.8. The van der Waals surface area contributed by atoms with E-state index in [1.165, 1.54) is 12.1 Å². The fourth-order valence-electron chi connectivity index (χ4n) is 3.23. The van der Waals surface area contributed by atoms with E-state index in [2.05, 4.69) is 5.32 Å². The fraction of sp³-hybridized carbons (Fsp3) is 0.400. The van der Waals surface area contributed by atoms with Gasteiger partial charge < -0.3 is 20.1 Å². The molecule has 0 saturated carbocycles. The van der Waals surface area contributed by atoms with Crippen molar-refractivity contribution in [1.29, 1.82) is 0 Å². The lowest BCUT2D eigenvalue weighted by Gasteiger charge is -2.26. The van der Waals surface area contributed by atoms with E-state index >= 15 is 0 Å². The number of alkyl halides is 3. The van der Waals surface area contributed by atoms with Crippen LogP contribution in [0.1, 0.15) is 31.9 Å². The number of hydrogen-bond acceptors (Lipinski definition) is 5. The summed E-state index contributed by atoms with van der Waals surface area (Å²) in [4.78, 5) is 37.0. The van der Waals surface area contributed by atoms with Crippen molar-refractivity contribution in [3.8, 4) is 0 Å². The van der Waals surface area contributed by atoms with Crippen LogP contribution < -0.4 is 10.6 Å². The molecule has 196 valence electrons. The smallest absolute Gasteiger partial charge is 0.408 e. The minimum Gasteiger partial charge on any atom is -0.466 e. The van der Waals surface area contributed by atoms with Crippen LogP contribution in [0.5, 0.6) is 0 Å². The SMILES string of the molecule is CCOC(=O)[C@@H](C)Cc1ccc(Cl)c(NC(=O)[C@@H](NC(=O)OCc2ccccc2)[C@@H](C)C(F)(F)F)c1. The van der Waals surface area contributed by atoms with E-state index in [0.717, 1.165) is 6.92 Å². The first kappa shape index (κ1) is 29.0. The second kappa shape index (κ2) is 13.2. The van der Waals surface area contributed by atoms with Crippen LogP contribution in [0.15, 0.2) is 48.5 Å². The van der Waals surface area contributed by atoms with Gasteiger partial charge in [0.2, 0.25) is 5.91 Å². The molecule has 2 rings (SSSR count). The van der Waals surface area contributed by atoms with E-state index in [-0.39, 0.29) is 30.3 Å².